The number of hydrogen-bond acceptors (Lipinski definition) is 3. The van der Waals surface area contributed by atoms with Crippen LogP contribution < -0.4 is 0 Å². The van der Waals surface area contributed by atoms with Gasteiger partial charge in [-0.05, 0) is 43.7 Å². The highest BCUT2D eigenvalue weighted by atomic mass is 16.5. The summed E-state index contributed by atoms with van der Waals surface area (Å²) in [5.74, 6) is -0.106. The maximum Gasteiger partial charge on any atom is 0.305 e. The molecule has 29 heavy (non-hydrogen) atoms. The second-order valence-electron chi connectivity index (χ2n) is 7.58. The van der Waals surface area contributed by atoms with Gasteiger partial charge in [-0.25, -0.2) is 0 Å². The van der Waals surface area contributed by atoms with Gasteiger partial charge in [-0.1, -0.05) is 94.0 Å². The number of esters is 1. The Balaban J connectivity index is 2.34. The van der Waals surface area contributed by atoms with Crippen LogP contribution >= 0.6 is 0 Å². The predicted molar refractivity (Wildman–Crippen MR) is 123 cm³/mol. The maximum absolute atomic E-state index is 11.4. The number of rotatable bonds is 16. The molecule has 0 aromatic heterocycles. The normalized spacial score (nSPS) is 12.7. The van der Waals surface area contributed by atoms with Gasteiger partial charge >= 0.3 is 5.97 Å². The summed E-state index contributed by atoms with van der Waals surface area (Å²) in [6.45, 7) is 4.52. The van der Waals surface area contributed by atoms with E-state index in [-0.39, 0.29) is 12.1 Å². The van der Waals surface area contributed by atoms with Crippen LogP contribution in [-0.2, 0) is 16.0 Å². The van der Waals surface area contributed by atoms with Crippen LogP contribution in [0.4, 0.5) is 0 Å². The average molecular weight is 401 g/mol. The lowest BCUT2D eigenvalue weighted by Gasteiger charge is -2.06. The van der Waals surface area contributed by atoms with Crippen LogP contribution in [0.25, 0.3) is 6.08 Å². The van der Waals surface area contributed by atoms with Crippen molar-refractivity contribution < 1.29 is 14.6 Å². The van der Waals surface area contributed by atoms with Crippen molar-refractivity contribution in [1.82, 2.24) is 0 Å². The molecule has 0 spiro atoms. The van der Waals surface area contributed by atoms with E-state index in [1.54, 1.807) is 0 Å². The van der Waals surface area contributed by atoms with E-state index in [2.05, 4.69) is 31.2 Å². The molecule has 0 radical (unpaired) electrons. The number of ether oxygens (including phenoxy) is 1. The molecule has 0 aliphatic carbocycles. The third-order valence-corrected chi connectivity index (χ3v) is 5.01. The van der Waals surface area contributed by atoms with Gasteiger partial charge in [-0.2, -0.15) is 0 Å². The Hall–Kier alpha value is -1.87. The van der Waals surface area contributed by atoms with Crippen molar-refractivity contribution in [2.45, 2.75) is 90.6 Å². The SMILES string of the molecule is CCCCCCCCC(O)/C=C/C=C/c1ccccc1CCCCC(=O)OCC. The lowest BCUT2D eigenvalue weighted by Crippen LogP contribution is -2.03. The number of aryl methyl sites for hydroxylation is 1. The fraction of sp³-hybridized carbons (Fsp3) is 0.577. The molecule has 1 rings (SSSR count). The van der Waals surface area contributed by atoms with Crippen LogP contribution in [0.1, 0.15) is 89.2 Å². The van der Waals surface area contributed by atoms with Gasteiger partial charge in [0, 0.05) is 6.42 Å². The van der Waals surface area contributed by atoms with Crippen LogP contribution in [-0.4, -0.2) is 23.8 Å². The number of carbonyl (C=O) groups is 1. The summed E-state index contributed by atoms with van der Waals surface area (Å²) in [7, 11) is 0. The third-order valence-electron chi connectivity index (χ3n) is 5.01. The van der Waals surface area contributed by atoms with Gasteiger partial charge < -0.3 is 9.84 Å². The summed E-state index contributed by atoms with van der Waals surface area (Å²) in [6, 6.07) is 8.34. The van der Waals surface area contributed by atoms with Crippen LogP contribution in [0.2, 0.25) is 0 Å². The number of carbonyl (C=O) groups excluding carboxylic acids is 1. The molecule has 1 N–H and O–H groups in total. The minimum absolute atomic E-state index is 0.106. The maximum atomic E-state index is 11.4. The molecule has 1 unspecified atom stereocenters. The molecule has 162 valence electrons. The Morgan fingerprint density at radius 1 is 1.00 bits per heavy atom. The van der Waals surface area contributed by atoms with Crippen LogP contribution in [0, 0.1) is 0 Å². The first-order chi connectivity index (χ1) is 14.2. The lowest BCUT2D eigenvalue weighted by atomic mass is 10.0. The molecule has 0 heterocycles. The van der Waals surface area contributed by atoms with Crippen molar-refractivity contribution in [3.8, 4) is 0 Å². The number of unbranched alkanes of at least 4 members (excludes halogenated alkanes) is 6. The molecule has 0 aliphatic heterocycles. The zero-order valence-electron chi connectivity index (χ0n) is 18.4. The van der Waals surface area contributed by atoms with Crippen LogP contribution in [0.15, 0.2) is 42.5 Å². The van der Waals surface area contributed by atoms with Crippen molar-refractivity contribution in [2.75, 3.05) is 6.61 Å². The van der Waals surface area contributed by atoms with Gasteiger partial charge in [-0.3, -0.25) is 4.79 Å². The number of aliphatic hydroxyl groups excluding tert-OH is 1. The van der Waals surface area contributed by atoms with Crippen molar-refractivity contribution in [3.05, 3.63) is 53.6 Å². The van der Waals surface area contributed by atoms with E-state index in [0.29, 0.717) is 13.0 Å². The third kappa shape index (κ3) is 13.1. The smallest absolute Gasteiger partial charge is 0.305 e. The Kier molecular flexibility index (Phi) is 14.8. The average Bonchev–Trinajstić information content (AvgIpc) is 2.72. The molecular weight excluding hydrogens is 360 g/mol. The quantitative estimate of drug-likeness (QED) is 0.192. The molecule has 1 aromatic rings. The molecular formula is C26H40O3. The molecule has 0 fully saturated rings. The minimum Gasteiger partial charge on any atom is -0.466 e. The fourth-order valence-electron chi connectivity index (χ4n) is 3.32. The first kappa shape index (κ1) is 25.2. The van der Waals surface area contributed by atoms with E-state index in [0.717, 1.165) is 32.1 Å². The molecule has 1 aromatic carbocycles. The second kappa shape index (κ2) is 17.0. The van der Waals surface area contributed by atoms with Crippen molar-refractivity contribution in [1.29, 1.82) is 0 Å². The van der Waals surface area contributed by atoms with Gasteiger partial charge in [0.25, 0.3) is 0 Å². The Morgan fingerprint density at radius 2 is 1.76 bits per heavy atom. The van der Waals surface area contributed by atoms with Gasteiger partial charge in [0.05, 0.1) is 12.7 Å². The summed E-state index contributed by atoms with van der Waals surface area (Å²) in [5.41, 5.74) is 2.48. The minimum atomic E-state index is -0.357. The molecule has 0 amide bonds. The summed E-state index contributed by atoms with van der Waals surface area (Å²) < 4.78 is 4.97. The first-order valence-electron chi connectivity index (χ1n) is 11.4. The number of benzene rings is 1. The van der Waals surface area contributed by atoms with E-state index < -0.39 is 0 Å². The molecule has 3 heteroatoms. The lowest BCUT2D eigenvalue weighted by molar-refractivity contribution is -0.143. The Bertz CT molecular complexity index is 604. The topological polar surface area (TPSA) is 46.5 Å². The first-order valence-corrected chi connectivity index (χ1v) is 11.4. The van der Waals surface area contributed by atoms with E-state index in [1.165, 1.54) is 43.2 Å². The Labute approximate surface area is 177 Å². The van der Waals surface area contributed by atoms with Crippen LogP contribution in [0.5, 0.6) is 0 Å². The zero-order chi connectivity index (χ0) is 21.2. The molecule has 0 saturated carbocycles. The highest BCUT2D eigenvalue weighted by molar-refractivity contribution is 5.69. The summed E-state index contributed by atoms with van der Waals surface area (Å²) in [6.07, 6.45) is 19.1. The van der Waals surface area contributed by atoms with Crippen LogP contribution in [0.3, 0.4) is 0 Å². The van der Waals surface area contributed by atoms with Crippen molar-refractivity contribution >= 4 is 12.0 Å². The van der Waals surface area contributed by atoms with Crippen molar-refractivity contribution in [3.63, 3.8) is 0 Å². The highest BCUT2D eigenvalue weighted by Crippen LogP contribution is 2.15. The van der Waals surface area contributed by atoms with E-state index in [9.17, 15) is 9.90 Å². The monoisotopic (exact) mass is 400 g/mol. The highest BCUT2D eigenvalue weighted by Gasteiger charge is 2.03. The number of aliphatic hydroxyl groups is 1. The molecule has 0 saturated heterocycles. The van der Waals surface area contributed by atoms with E-state index >= 15 is 0 Å². The van der Waals surface area contributed by atoms with Crippen molar-refractivity contribution in [2.24, 2.45) is 0 Å². The van der Waals surface area contributed by atoms with Gasteiger partial charge in [0.15, 0.2) is 0 Å². The standard InChI is InChI=1S/C26H40O3/c1-3-5-6-7-8-9-20-25(27)21-14-12-18-23-16-10-11-17-24(23)19-13-15-22-26(28)29-4-2/h10-12,14,16-18,21,25,27H,3-9,13,15,19-20,22H2,1-2H3/b18-12+,21-14+. The van der Waals surface area contributed by atoms with Gasteiger partial charge in [0.1, 0.15) is 0 Å². The summed E-state index contributed by atoms with van der Waals surface area (Å²) in [4.78, 5) is 11.4. The van der Waals surface area contributed by atoms with Gasteiger partial charge in [0.2, 0.25) is 0 Å². The molecule has 0 aliphatic rings. The summed E-state index contributed by atoms with van der Waals surface area (Å²) in [5, 5.41) is 10.1. The zero-order valence-corrected chi connectivity index (χ0v) is 18.4. The predicted octanol–water partition coefficient (Wildman–Crippen LogP) is 6.64. The molecule has 3 nitrogen and oxygen atoms in total. The largest absolute Gasteiger partial charge is 0.466 e. The summed E-state index contributed by atoms with van der Waals surface area (Å²) >= 11 is 0. The Morgan fingerprint density at radius 3 is 2.55 bits per heavy atom. The second-order valence-corrected chi connectivity index (χ2v) is 7.58. The number of allylic oxidation sites excluding steroid dienone is 2. The molecule has 1 atom stereocenters. The fourth-order valence-corrected chi connectivity index (χ4v) is 3.32. The molecule has 0 bridgehead atoms. The van der Waals surface area contributed by atoms with E-state index in [1.807, 2.05) is 31.2 Å². The van der Waals surface area contributed by atoms with Gasteiger partial charge in [-0.15, -0.1) is 0 Å². The van der Waals surface area contributed by atoms with E-state index in [4.69, 9.17) is 4.74 Å². The number of hydrogen-bond donors (Lipinski definition) is 1.